The number of alkyl halides is 1. The van der Waals surface area contributed by atoms with E-state index in [0.717, 1.165) is 0 Å². The van der Waals surface area contributed by atoms with Crippen LogP contribution in [0.2, 0.25) is 0 Å². The van der Waals surface area contributed by atoms with E-state index in [1.165, 1.54) is 18.2 Å². The van der Waals surface area contributed by atoms with Crippen LogP contribution in [0, 0.1) is 0 Å². The molecule has 3 aromatic rings. The molecule has 144 valence electrons. The number of ether oxygens (including phenoxy) is 1. The van der Waals surface area contributed by atoms with Crippen molar-refractivity contribution in [3.63, 3.8) is 0 Å². The van der Waals surface area contributed by atoms with E-state index in [2.05, 4.69) is 20.1 Å². The number of carbonyl (C=O) groups excluding carboxylic acids is 1. The fourth-order valence-electron chi connectivity index (χ4n) is 3.19. The average molecular weight is 383 g/mol. The number of carbonyl (C=O) groups is 1. The minimum Gasteiger partial charge on any atom is -0.481 e. The maximum absolute atomic E-state index is 15.6. The Kier molecular flexibility index (Phi) is 4.72. The number of amides is 1. The molecule has 4 heterocycles. The van der Waals surface area contributed by atoms with E-state index in [0.29, 0.717) is 30.0 Å². The zero-order chi connectivity index (χ0) is 19.6. The Balaban J connectivity index is 1.54. The van der Waals surface area contributed by atoms with E-state index in [9.17, 15) is 4.79 Å². The molecule has 1 aliphatic heterocycles. The summed E-state index contributed by atoms with van der Waals surface area (Å²) in [5.74, 6) is 0.275. The van der Waals surface area contributed by atoms with Crippen LogP contribution in [-0.2, 0) is 5.67 Å². The third-order valence-electron chi connectivity index (χ3n) is 4.67. The van der Waals surface area contributed by atoms with Crippen LogP contribution in [0.5, 0.6) is 5.88 Å². The Morgan fingerprint density at radius 1 is 1.29 bits per heavy atom. The second kappa shape index (κ2) is 7.34. The number of hydrogen-bond acceptors (Lipinski definition) is 7. The van der Waals surface area contributed by atoms with Gasteiger partial charge in [-0.25, -0.2) is 9.37 Å². The molecule has 0 radical (unpaired) electrons. The highest BCUT2D eigenvalue weighted by Gasteiger charge is 2.44. The largest absolute Gasteiger partial charge is 0.481 e. The molecule has 1 atom stereocenters. The predicted octanol–water partition coefficient (Wildman–Crippen LogP) is 2.64. The Hall–Kier alpha value is -3.36. The summed E-state index contributed by atoms with van der Waals surface area (Å²) in [6.45, 7) is 0.289. The average Bonchev–Trinajstić information content (AvgIpc) is 3.25. The SMILES string of the molecule is COc1ccc(C(=O)N2CCCC(F)(c3nc(-c4ccncc4)no3)C2)cn1. The van der Waals surface area contributed by atoms with Gasteiger partial charge in [-0.1, -0.05) is 5.16 Å². The standard InChI is InChI=1S/C19H18FN5O3/c1-27-15-4-3-14(11-22-15)17(26)25-10-2-7-19(20,12-25)18-23-16(24-28-18)13-5-8-21-9-6-13/h3-6,8-9,11H,2,7,10,12H2,1H3. The number of piperidine rings is 1. The summed E-state index contributed by atoms with van der Waals surface area (Å²) < 4.78 is 25.8. The first-order valence-corrected chi connectivity index (χ1v) is 8.82. The predicted molar refractivity (Wildman–Crippen MR) is 96.2 cm³/mol. The molecular weight excluding hydrogens is 365 g/mol. The maximum Gasteiger partial charge on any atom is 0.266 e. The van der Waals surface area contributed by atoms with Gasteiger partial charge in [-0.3, -0.25) is 9.78 Å². The zero-order valence-corrected chi connectivity index (χ0v) is 15.2. The summed E-state index contributed by atoms with van der Waals surface area (Å²) in [7, 11) is 1.50. The van der Waals surface area contributed by atoms with Gasteiger partial charge in [0.15, 0.2) is 0 Å². The first-order valence-electron chi connectivity index (χ1n) is 8.82. The van der Waals surface area contributed by atoms with Crippen LogP contribution in [0.3, 0.4) is 0 Å². The summed E-state index contributed by atoms with van der Waals surface area (Å²) in [5.41, 5.74) is -0.846. The minimum absolute atomic E-state index is 0.121. The summed E-state index contributed by atoms with van der Waals surface area (Å²) in [6.07, 6.45) is 5.30. The van der Waals surface area contributed by atoms with Crippen LogP contribution < -0.4 is 4.74 Å². The first-order chi connectivity index (χ1) is 13.6. The van der Waals surface area contributed by atoms with Gasteiger partial charge in [-0.2, -0.15) is 4.98 Å². The highest BCUT2D eigenvalue weighted by molar-refractivity contribution is 5.94. The lowest BCUT2D eigenvalue weighted by Gasteiger charge is -2.35. The Bertz CT molecular complexity index is 963. The van der Waals surface area contributed by atoms with Gasteiger partial charge in [0.25, 0.3) is 11.8 Å². The van der Waals surface area contributed by atoms with Gasteiger partial charge in [0.05, 0.1) is 19.2 Å². The van der Waals surface area contributed by atoms with E-state index in [-0.39, 0.29) is 30.6 Å². The Labute approximate surface area is 160 Å². The Morgan fingerprint density at radius 2 is 2.11 bits per heavy atom. The molecule has 3 aromatic heterocycles. The molecule has 0 N–H and O–H groups in total. The molecule has 1 unspecified atom stereocenters. The van der Waals surface area contributed by atoms with Gasteiger partial charge in [0.2, 0.25) is 17.4 Å². The number of methoxy groups -OCH3 is 1. The molecule has 1 fully saturated rings. The number of aromatic nitrogens is 4. The topological polar surface area (TPSA) is 94.2 Å². The van der Waals surface area contributed by atoms with Crippen molar-refractivity contribution in [2.45, 2.75) is 18.5 Å². The molecule has 0 spiro atoms. The van der Waals surface area contributed by atoms with Crippen molar-refractivity contribution in [3.05, 3.63) is 54.3 Å². The zero-order valence-electron chi connectivity index (χ0n) is 15.2. The van der Waals surface area contributed by atoms with Gasteiger partial charge in [-0.15, -0.1) is 0 Å². The van der Waals surface area contributed by atoms with Crippen molar-refractivity contribution in [2.24, 2.45) is 0 Å². The van der Waals surface area contributed by atoms with Crippen molar-refractivity contribution in [3.8, 4) is 17.3 Å². The van der Waals surface area contributed by atoms with Gasteiger partial charge in [0.1, 0.15) is 0 Å². The van der Waals surface area contributed by atoms with Crippen LogP contribution in [0.1, 0.15) is 29.1 Å². The number of likely N-dealkylation sites (tertiary alicyclic amines) is 1. The summed E-state index contributed by atoms with van der Waals surface area (Å²) >= 11 is 0. The van der Waals surface area contributed by atoms with Gasteiger partial charge >= 0.3 is 0 Å². The number of hydrogen-bond donors (Lipinski definition) is 0. The maximum atomic E-state index is 15.6. The third-order valence-corrected chi connectivity index (χ3v) is 4.67. The number of nitrogens with zero attached hydrogens (tertiary/aromatic N) is 5. The van der Waals surface area contributed by atoms with Crippen molar-refractivity contribution in [1.29, 1.82) is 0 Å². The number of pyridine rings is 2. The van der Waals surface area contributed by atoms with E-state index in [1.54, 1.807) is 36.7 Å². The van der Waals surface area contributed by atoms with Gasteiger partial charge in [-0.05, 0) is 31.0 Å². The van der Waals surface area contributed by atoms with Crippen LogP contribution in [-0.4, -0.2) is 51.1 Å². The van der Waals surface area contributed by atoms with Crippen LogP contribution in [0.25, 0.3) is 11.4 Å². The van der Waals surface area contributed by atoms with Crippen molar-refractivity contribution < 1.29 is 18.4 Å². The van der Waals surface area contributed by atoms with Crippen LogP contribution in [0.4, 0.5) is 4.39 Å². The molecule has 0 aliphatic carbocycles. The molecule has 8 nitrogen and oxygen atoms in total. The normalized spacial score (nSPS) is 19.4. The lowest BCUT2D eigenvalue weighted by atomic mass is 9.94. The van der Waals surface area contributed by atoms with Crippen molar-refractivity contribution in [1.82, 2.24) is 25.0 Å². The van der Waals surface area contributed by atoms with E-state index < -0.39 is 5.67 Å². The lowest BCUT2D eigenvalue weighted by molar-refractivity contribution is 0.0152. The fraction of sp³-hybridized carbons (Fsp3) is 0.316. The van der Waals surface area contributed by atoms with E-state index in [1.807, 2.05) is 0 Å². The highest BCUT2D eigenvalue weighted by atomic mass is 19.1. The molecule has 28 heavy (non-hydrogen) atoms. The lowest BCUT2D eigenvalue weighted by Crippen LogP contribution is -2.46. The molecule has 4 rings (SSSR count). The molecule has 1 amide bonds. The molecule has 0 bridgehead atoms. The monoisotopic (exact) mass is 383 g/mol. The van der Waals surface area contributed by atoms with Crippen molar-refractivity contribution in [2.75, 3.05) is 20.2 Å². The van der Waals surface area contributed by atoms with Gasteiger partial charge in [0, 0.05) is 36.8 Å². The van der Waals surface area contributed by atoms with Crippen molar-refractivity contribution >= 4 is 5.91 Å². The third kappa shape index (κ3) is 3.42. The first kappa shape index (κ1) is 18.0. The Morgan fingerprint density at radius 3 is 2.82 bits per heavy atom. The molecule has 0 aromatic carbocycles. The second-order valence-electron chi connectivity index (χ2n) is 6.54. The molecule has 1 saturated heterocycles. The number of rotatable bonds is 4. The van der Waals surface area contributed by atoms with E-state index >= 15 is 4.39 Å². The molecular formula is C19H18FN5O3. The minimum atomic E-state index is -1.90. The van der Waals surface area contributed by atoms with E-state index in [4.69, 9.17) is 9.26 Å². The molecule has 9 heteroatoms. The van der Waals surface area contributed by atoms with Crippen LogP contribution >= 0.6 is 0 Å². The quantitative estimate of drug-likeness (QED) is 0.683. The molecule has 1 aliphatic rings. The highest BCUT2D eigenvalue weighted by Crippen LogP contribution is 2.36. The number of halogens is 1. The summed E-state index contributed by atoms with van der Waals surface area (Å²) in [5, 5.41) is 3.87. The fourth-order valence-corrected chi connectivity index (χ4v) is 3.19. The smallest absolute Gasteiger partial charge is 0.266 e. The summed E-state index contributed by atoms with van der Waals surface area (Å²) in [6, 6.07) is 6.63. The summed E-state index contributed by atoms with van der Waals surface area (Å²) in [4.78, 5) is 26.4. The van der Waals surface area contributed by atoms with Crippen LogP contribution in [0.15, 0.2) is 47.4 Å². The van der Waals surface area contributed by atoms with Gasteiger partial charge < -0.3 is 14.2 Å². The molecule has 0 saturated carbocycles. The second-order valence-corrected chi connectivity index (χ2v) is 6.54.